The van der Waals surface area contributed by atoms with Crippen molar-refractivity contribution in [2.45, 2.75) is 51.1 Å². The van der Waals surface area contributed by atoms with Crippen LogP contribution in [0.2, 0.25) is 0 Å². The summed E-state index contributed by atoms with van der Waals surface area (Å²) in [5.41, 5.74) is 6.89. The third kappa shape index (κ3) is 5.17. The molecule has 3 N–H and O–H groups in total. The Kier molecular flexibility index (Phi) is 7.03. The Balaban J connectivity index is 0.00000312. The zero-order chi connectivity index (χ0) is 18.1. The first kappa shape index (κ1) is 21.9. The van der Waals surface area contributed by atoms with Gasteiger partial charge in [-0.15, -0.1) is 12.4 Å². The molecule has 1 saturated heterocycles. The zero-order valence-electron chi connectivity index (χ0n) is 15.2. The first-order valence-electron chi connectivity index (χ1n) is 8.16. The van der Waals surface area contributed by atoms with Gasteiger partial charge in [-0.3, -0.25) is 4.79 Å². The molecule has 0 spiro atoms. The lowest BCUT2D eigenvalue weighted by atomic mass is 9.79. The molecule has 1 amide bonds. The van der Waals surface area contributed by atoms with Crippen LogP contribution in [0.15, 0.2) is 29.2 Å². The molecule has 2 atom stereocenters. The molecule has 0 aromatic heterocycles. The molecule has 1 aromatic rings. The number of hydrogen-bond acceptors (Lipinski definition) is 4. The van der Waals surface area contributed by atoms with Crippen LogP contribution < -0.4 is 10.5 Å². The smallest absolute Gasteiger partial charge is 0.241 e. The zero-order valence-corrected chi connectivity index (χ0v) is 16.8. The fourth-order valence-electron chi connectivity index (χ4n) is 2.90. The standard InChI is InChI=1S/C17H27N3O3S.ClH/c1-12-5-7-14(8-6-12)24(22,23)19-13(2)16(21)20-10-9-15(18)17(3,4)11-20;/h5-8,13,15,19H,9-11,18H2,1-4H3;1H. The molecule has 1 aliphatic heterocycles. The third-order valence-corrected chi connectivity index (χ3v) is 6.21. The number of nitrogens with zero attached hydrogens (tertiary/aromatic N) is 1. The van der Waals surface area contributed by atoms with Crippen LogP contribution >= 0.6 is 12.4 Å². The minimum absolute atomic E-state index is 0. The lowest BCUT2D eigenvalue weighted by molar-refractivity contribution is -0.136. The predicted molar refractivity (Wildman–Crippen MR) is 101 cm³/mol. The van der Waals surface area contributed by atoms with E-state index in [0.717, 1.165) is 12.0 Å². The van der Waals surface area contributed by atoms with Crippen LogP contribution in [-0.2, 0) is 14.8 Å². The van der Waals surface area contributed by atoms with Crippen molar-refractivity contribution >= 4 is 28.3 Å². The van der Waals surface area contributed by atoms with Gasteiger partial charge in [0.2, 0.25) is 15.9 Å². The Bertz CT molecular complexity index is 704. The highest BCUT2D eigenvalue weighted by Gasteiger charge is 2.37. The molecular weight excluding hydrogens is 362 g/mol. The summed E-state index contributed by atoms with van der Waals surface area (Å²) in [6.45, 7) is 8.61. The van der Waals surface area contributed by atoms with Gasteiger partial charge in [-0.25, -0.2) is 8.42 Å². The van der Waals surface area contributed by atoms with Crippen LogP contribution in [0.1, 0.15) is 32.8 Å². The number of nitrogens with two attached hydrogens (primary N) is 1. The van der Waals surface area contributed by atoms with E-state index in [1.165, 1.54) is 12.1 Å². The van der Waals surface area contributed by atoms with Gasteiger partial charge in [0.25, 0.3) is 0 Å². The minimum Gasteiger partial charge on any atom is -0.341 e. The highest BCUT2D eigenvalue weighted by atomic mass is 35.5. The normalized spacial score (nSPS) is 21.3. The number of rotatable bonds is 4. The van der Waals surface area contributed by atoms with Crippen molar-refractivity contribution in [1.29, 1.82) is 0 Å². The lowest BCUT2D eigenvalue weighted by Gasteiger charge is -2.43. The summed E-state index contributed by atoms with van der Waals surface area (Å²) in [6.07, 6.45) is 0.718. The molecular formula is C17H28ClN3O3S. The molecule has 0 aliphatic carbocycles. The molecule has 0 saturated carbocycles. The maximum atomic E-state index is 12.6. The van der Waals surface area contributed by atoms with Crippen LogP contribution in [0.3, 0.4) is 0 Å². The summed E-state index contributed by atoms with van der Waals surface area (Å²) >= 11 is 0. The number of piperidine rings is 1. The monoisotopic (exact) mass is 389 g/mol. The summed E-state index contributed by atoms with van der Waals surface area (Å²) in [4.78, 5) is 14.5. The number of likely N-dealkylation sites (tertiary alicyclic amines) is 1. The first-order chi connectivity index (χ1) is 11.0. The van der Waals surface area contributed by atoms with Crippen LogP contribution in [-0.4, -0.2) is 44.4 Å². The van der Waals surface area contributed by atoms with Gasteiger partial charge < -0.3 is 10.6 Å². The number of nitrogens with one attached hydrogen (secondary N) is 1. The molecule has 8 heteroatoms. The number of amides is 1. The summed E-state index contributed by atoms with van der Waals surface area (Å²) < 4.78 is 27.3. The topological polar surface area (TPSA) is 92.5 Å². The van der Waals surface area contributed by atoms with Crippen molar-refractivity contribution < 1.29 is 13.2 Å². The Labute approximate surface area is 156 Å². The van der Waals surface area contributed by atoms with Gasteiger partial charge in [0.05, 0.1) is 10.9 Å². The molecule has 1 heterocycles. The summed E-state index contributed by atoms with van der Waals surface area (Å²) in [5, 5.41) is 0. The molecule has 0 radical (unpaired) electrons. The van der Waals surface area contributed by atoms with E-state index in [4.69, 9.17) is 5.73 Å². The number of carbonyl (C=O) groups is 1. The average Bonchev–Trinajstić information content (AvgIpc) is 2.49. The van der Waals surface area contributed by atoms with E-state index in [0.29, 0.717) is 13.1 Å². The first-order valence-corrected chi connectivity index (χ1v) is 9.64. The molecule has 142 valence electrons. The van der Waals surface area contributed by atoms with E-state index in [1.54, 1.807) is 24.0 Å². The Morgan fingerprint density at radius 3 is 2.40 bits per heavy atom. The van der Waals surface area contributed by atoms with E-state index in [-0.39, 0.29) is 34.7 Å². The summed E-state index contributed by atoms with van der Waals surface area (Å²) in [5.74, 6) is -0.217. The molecule has 6 nitrogen and oxygen atoms in total. The van der Waals surface area contributed by atoms with Gasteiger partial charge in [-0.2, -0.15) is 4.72 Å². The molecule has 2 rings (SSSR count). The summed E-state index contributed by atoms with van der Waals surface area (Å²) in [7, 11) is -3.72. The quantitative estimate of drug-likeness (QED) is 0.819. The number of sulfonamides is 1. The Hall–Kier alpha value is -1.15. The highest BCUT2D eigenvalue weighted by molar-refractivity contribution is 7.89. The van der Waals surface area contributed by atoms with Crippen molar-refractivity contribution in [3.63, 3.8) is 0 Å². The molecule has 2 unspecified atom stereocenters. The SMILES string of the molecule is Cc1ccc(S(=O)(=O)NC(C)C(=O)N2CCC(N)C(C)(C)C2)cc1.Cl. The maximum Gasteiger partial charge on any atom is 0.241 e. The largest absolute Gasteiger partial charge is 0.341 e. The average molecular weight is 390 g/mol. The van der Waals surface area contributed by atoms with Crippen LogP contribution in [0.25, 0.3) is 0 Å². The van der Waals surface area contributed by atoms with E-state index < -0.39 is 16.1 Å². The molecule has 1 fully saturated rings. The van der Waals surface area contributed by atoms with Crippen LogP contribution in [0.5, 0.6) is 0 Å². The van der Waals surface area contributed by atoms with Gasteiger partial charge in [0.1, 0.15) is 0 Å². The highest BCUT2D eigenvalue weighted by Crippen LogP contribution is 2.28. The van der Waals surface area contributed by atoms with Gasteiger partial charge in [0, 0.05) is 19.1 Å². The van der Waals surface area contributed by atoms with E-state index in [9.17, 15) is 13.2 Å². The fraction of sp³-hybridized carbons (Fsp3) is 0.588. The number of benzene rings is 1. The second-order valence-corrected chi connectivity index (χ2v) is 9.01. The van der Waals surface area contributed by atoms with Crippen LogP contribution in [0, 0.1) is 12.3 Å². The van der Waals surface area contributed by atoms with Crippen LogP contribution in [0.4, 0.5) is 0 Å². The van der Waals surface area contributed by atoms with Gasteiger partial charge >= 0.3 is 0 Å². The van der Waals surface area contributed by atoms with Crippen molar-refractivity contribution in [2.75, 3.05) is 13.1 Å². The molecule has 1 aliphatic rings. The van der Waals surface area contributed by atoms with Crippen molar-refractivity contribution in [2.24, 2.45) is 11.1 Å². The minimum atomic E-state index is -3.72. The second-order valence-electron chi connectivity index (χ2n) is 7.30. The van der Waals surface area contributed by atoms with E-state index >= 15 is 0 Å². The van der Waals surface area contributed by atoms with E-state index in [2.05, 4.69) is 4.72 Å². The van der Waals surface area contributed by atoms with Gasteiger partial charge in [0.15, 0.2) is 0 Å². The van der Waals surface area contributed by atoms with E-state index in [1.807, 2.05) is 20.8 Å². The van der Waals surface area contributed by atoms with Crippen molar-refractivity contribution in [1.82, 2.24) is 9.62 Å². The number of aryl methyl sites for hydroxylation is 1. The van der Waals surface area contributed by atoms with Crippen molar-refractivity contribution in [3.8, 4) is 0 Å². The predicted octanol–water partition coefficient (Wildman–Crippen LogP) is 1.67. The Morgan fingerprint density at radius 1 is 1.32 bits per heavy atom. The van der Waals surface area contributed by atoms with Gasteiger partial charge in [-0.05, 0) is 37.8 Å². The summed E-state index contributed by atoms with van der Waals surface area (Å²) in [6, 6.07) is 5.77. The molecule has 1 aromatic carbocycles. The fourth-order valence-corrected chi connectivity index (χ4v) is 4.10. The molecule has 0 bridgehead atoms. The molecule has 25 heavy (non-hydrogen) atoms. The van der Waals surface area contributed by atoms with Crippen molar-refractivity contribution in [3.05, 3.63) is 29.8 Å². The lowest BCUT2D eigenvalue weighted by Crippen LogP contribution is -2.57. The number of carbonyl (C=O) groups excluding carboxylic acids is 1. The maximum absolute atomic E-state index is 12.6. The Morgan fingerprint density at radius 2 is 1.88 bits per heavy atom. The number of halogens is 1. The third-order valence-electron chi connectivity index (χ3n) is 4.66. The van der Waals surface area contributed by atoms with Gasteiger partial charge in [-0.1, -0.05) is 31.5 Å². The number of hydrogen-bond donors (Lipinski definition) is 2. The second kappa shape index (κ2) is 8.03.